The van der Waals surface area contributed by atoms with Crippen LogP contribution in [0.15, 0.2) is 133 Å². The number of aliphatic imine (C=N–C) groups is 1. The topological polar surface area (TPSA) is 283 Å². The molecule has 8 aromatic heterocycles. The molecule has 3 spiro atoms. The zero-order valence-corrected chi connectivity index (χ0v) is 83.5. The summed E-state index contributed by atoms with van der Waals surface area (Å²) in [5.74, 6) is 3.81. The van der Waals surface area contributed by atoms with Gasteiger partial charge in [0, 0.05) is 125 Å². The number of ether oxygens (including phenoxy) is 2. The molecule has 3 saturated heterocycles. The van der Waals surface area contributed by atoms with Gasteiger partial charge in [0.25, 0.3) is 0 Å². The minimum absolute atomic E-state index is 0. The van der Waals surface area contributed by atoms with Crippen LogP contribution in [0.4, 0.5) is 57.4 Å². The molecule has 3 aromatic carbocycles. The van der Waals surface area contributed by atoms with Crippen molar-refractivity contribution in [1.82, 2.24) is 75.1 Å². The number of aryl methyl sites for hydroxylation is 4. The Labute approximate surface area is 813 Å². The molecule has 11 aromatic rings. The van der Waals surface area contributed by atoms with Crippen LogP contribution in [-0.4, -0.2) is 146 Å². The fourth-order valence-electron chi connectivity index (χ4n) is 23.2. The number of aromatic nitrogens is 13. The second-order valence-corrected chi connectivity index (χ2v) is 41.5. The molecule has 3 atom stereocenters. The number of hydrogen-bond acceptors (Lipinski definition) is 22. The van der Waals surface area contributed by atoms with Crippen LogP contribution >= 0.6 is 22.6 Å². The largest absolute Gasteiger partial charge is 0.444 e. The van der Waals surface area contributed by atoms with E-state index in [4.69, 9.17) is 60.3 Å². The second-order valence-electron chi connectivity index (χ2n) is 40.5. The average molecular weight is 2140 g/mol. The number of nitrogens with zero attached hydrogens (tertiary/aromatic N) is 19. The van der Waals surface area contributed by atoms with Crippen LogP contribution in [0.25, 0.3) is 22.3 Å². The zero-order chi connectivity index (χ0) is 90.8. The van der Waals surface area contributed by atoms with Gasteiger partial charge in [-0.15, -0.1) is 0 Å². The third-order valence-corrected chi connectivity index (χ3v) is 30.7. The summed E-state index contributed by atoms with van der Waals surface area (Å²) >= 11 is 2.26. The molecule has 5 fully saturated rings. The Morgan fingerprint density at radius 2 is 0.895 bits per heavy atom. The fourth-order valence-corrected chi connectivity index (χ4v) is 23.8. The Bertz CT molecular complexity index is 6140. The number of halogens is 4. The molecule has 23 rings (SSSR count). The van der Waals surface area contributed by atoms with Gasteiger partial charge in [0.05, 0.1) is 77.8 Å². The minimum atomic E-state index is -0.625. The number of anilines is 6. The Balaban J connectivity index is 0.000000123. The monoisotopic (exact) mass is 2140 g/mol. The number of piperidine rings is 3. The van der Waals surface area contributed by atoms with E-state index < -0.39 is 23.4 Å². The maximum absolute atomic E-state index is 15.1. The molecule has 6 aliphatic heterocycles. The molecule has 694 valence electrons. The number of pyridine rings is 3. The van der Waals surface area contributed by atoms with Crippen molar-refractivity contribution in [2.75, 3.05) is 76.9 Å². The van der Waals surface area contributed by atoms with Crippen molar-refractivity contribution in [2.24, 2.45) is 27.0 Å². The van der Waals surface area contributed by atoms with Crippen LogP contribution in [0.5, 0.6) is 0 Å². The Kier molecular flexibility index (Phi) is 26.5. The van der Waals surface area contributed by atoms with Crippen LogP contribution in [-0.2, 0) is 61.0 Å². The number of rotatable bonds is 8. The number of hydrogen-bond donors (Lipinski definition) is 3. The summed E-state index contributed by atoms with van der Waals surface area (Å²) in [5.41, 5.74) is 22.1. The quantitative estimate of drug-likeness (QED) is 0.119. The van der Waals surface area contributed by atoms with Crippen molar-refractivity contribution < 1.29 is 63.3 Å². The van der Waals surface area contributed by atoms with Gasteiger partial charge in [-0.1, -0.05) is 81.0 Å². The van der Waals surface area contributed by atoms with E-state index in [2.05, 4.69) is 100 Å². The summed E-state index contributed by atoms with van der Waals surface area (Å²) in [6, 6.07) is 28.1. The number of amides is 2. The normalized spacial score (nSPS) is 20.9. The Morgan fingerprint density at radius 1 is 0.459 bits per heavy atom. The molecule has 0 unspecified atom stereocenters. The van der Waals surface area contributed by atoms with Crippen molar-refractivity contribution in [1.29, 1.82) is 0 Å². The third kappa shape index (κ3) is 18.7. The standard InChI is InChI=1S/C37H45FN8O2.C29H36FIN6O2.C27H28FN7.C9H11N.U/c1-36(2,3)48-35(47)42-32-25-12-7-13-27(38)26(25)22-37(32)16-20-44(21-17-37)30-23-40-31-33(41-30)46(24-10-5-4-6-11-24)43-34(31)45-19-9-14-28-29(45)15-8-18-39-28;1-28(2,3)39-27(38)34-24-19-10-7-11-21(30)20(19)16-29(24)12-14-36(15-13-29)22-17-32-23-25(31)35-37(26(23)33-22)18-8-5-4-6-9-18;28-19-5-1-4-17-18(19)14-27(25(17)29)8-12-34(13-9-27)23-16-31-24-21(33-23)15-32-26(24)35-11-3-6-20-22(35)7-2-10-30-20;1-2-6-9-8(4-1)5-3-7-10-9;/h7-8,12-13,15,18,23-24,32H,4-6,9-11,14,16-17,19-22H2,1-3H3,(H,42,47);7,10-11,17-18,24H,4-6,8-9,12-16H2,1-3H3,(H,34,38);1-2,4-5,7,10,16,25H,3,6,8-9,11-15,29H2;3,5,7H,1-2,4,6H2;/t32-;24-;25-;;/m111../s1. The maximum atomic E-state index is 15.1. The Morgan fingerprint density at radius 3 is 1.42 bits per heavy atom. The van der Waals surface area contributed by atoms with Gasteiger partial charge in [-0.2, -0.15) is 10.2 Å². The Hall–Kier alpha value is -9.97. The molecule has 4 N–H and O–H groups in total. The first-order valence-corrected chi connectivity index (χ1v) is 49.2. The first-order valence-electron chi connectivity index (χ1n) is 48.2. The van der Waals surface area contributed by atoms with Gasteiger partial charge in [-0.3, -0.25) is 19.9 Å². The van der Waals surface area contributed by atoms with Crippen molar-refractivity contribution in [3.05, 3.63) is 217 Å². The number of nitrogens with one attached hydrogen (secondary N) is 2. The molecule has 14 heterocycles. The SMILES string of the molecule is CC(C)(C)OC(=O)N[C@@H]1c2cccc(F)c2CC12CCN(c1cnc3c(I)nn(C4CCCCC4)c3n1)CC2.CC(C)(C)OC(=O)N[C@@H]1c2cccc(F)c2CC12CCN(c1cnc3c(N4CCCc5ncccc54)nn(C4CCCCC4)c3n1)CC2.N[C@@H]1c2cccc(F)c2CC12CCN(c1cnc3c(n1)CN=C3N1CCCc3ncccc31)CC2.[U].c1cnc2c(c1)CCCC2. The second kappa shape index (κ2) is 38.3. The molecule has 133 heavy (non-hydrogen) atoms. The van der Waals surface area contributed by atoms with Gasteiger partial charge in [0.1, 0.15) is 57.3 Å². The summed E-state index contributed by atoms with van der Waals surface area (Å²) in [4.78, 5) is 85.7. The summed E-state index contributed by atoms with van der Waals surface area (Å²) in [7, 11) is 0. The predicted molar refractivity (Wildman–Crippen MR) is 513 cm³/mol. The summed E-state index contributed by atoms with van der Waals surface area (Å²) < 4.78 is 60.9. The number of fused-ring (bicyclic) bond motifs is 9. The smallest absolute Gasteiger partial charge is 0.408 e. The average Bonchev–Trinajstić information content (AvgIpc) is 1.59. The van der Waals surface area contributed by atoms with E-state index in [1.54, 1.807) is 24.3 Å². The number of carbonyl (C=O) groups is 2. The summed E-state index contributed by atoms with van der Waals surface area (Å²) in [6.45, 7) is 18.1. The minimum Gasteiger partial charge on any atom is -0.444 e. The van der Waals surface area contributed by atoms with E-state index in [0.717, 1.165) is 260 Å². The number of benzene rings is 3. The molecule has 26 nitrogen and oxygen atoms in total. The zero-order valence-electron chi connectivity index (χ0n) is 77.2. The van der Waals surface area contributed by atoms with E-state index in [1.807, 2.05) is 115 Å². The van der Waals surface area contributed by atoms with Crippen molar-refractivity contribution in [2.45, 2.75) is 263 Å². The van der Waals surface area contributed by atoms with Gasteiger partial charge < -0.3 is 50.3 Å². The van der Waals surface area contributed by atoms with Gasteiger partial charge in [-0.05, 0) is 292 Å². The molecule has 2 saturated carbocycles. The number of alkyl carbamates (subject to hydrolysis) is 2. The number of carbonyl (C=O) groups excluding carboxylic acids is 2. The predicted octanol–water partition coefficient (Wildman–Crippen LogP) is 19.4. The van der Waals surface area contributed by atoms with Crippen LogP contribution in [0, 0.1) is 68.5 Å². The van der Waals surface area contributed by atoms with Gasteiger partial charge in [0.15, 0.2) is 32.2 Å². The van der Waals surface area contributed by atoms with Crippen LogP contribution in [0.1, 0.15) is 268 Å². The van der Waals surface area contributed by atoms with E-state index >= 15 is 4.39 Å². The van der Waals surface area contributed by atoms with E-state index in [-0.39, 0.29) is 82.9 Å². The van der Waals surface area contributed by atoms with Crippen LogP contribution < -0.4 is 40.9 Å². The van der Waals surface area contributed by atoms with Gasteiger partial charge in [-0.25, -0.2) is 62.0 Å². The molecule has 0 bridgehead atoms. The number of amidine groups is 1. The molecular formula is C102H120F3IN22O4U. The van der Waals surface area contributed by atoms with Crippen molar-refractivity contribution in [3.63, 3.8) is 0 Å². The molecule has 6 aliphatic carbocycles. The summed E-state index contributed by atoms with van der Waals surface area (Å²) in [5, 5.41) is 16.3. The van der Waals surface area contributed by atoms with Gasteiger partial charge in [0.2, 0.25) is 0 Å². The molecular weight excluding hydrogens is 2020 g/mol. The third-order valence-electron chi connectivity index (χ3n) is 30.0. The van der Waals surface area contributed by atoms with Crippen LogP contribution in [0.3, 0.4) is 0 Å². The van der Waals surface area contributed by atoms with E-state index in [9.17, 15) is 18.4 Å². The molecule has 12 aliphatic rings. The summed E-state index contributed by atoms with van der Waals surface area (Å²) in [6.07, 6.45) is 38.1. The fraction of sp³-hybridized carbons (Fsp3) is 0.510. The molecule has 2 amide bonds. The number of nitrogens with two attached hydrogens (primary N) is 1. The molecule has 0 radical (unpaired) electrons. The first-order chi connectivity index (χ1) is 63.9. The van der Waals surface area contributed by atoms with Gasteiger partial charge >= 0.3 is 12.2 Å². The maximum Gasteiger partial charge on any atom is 0.408 e. The van der Waals surface area contributed by atoms with Crippen LogP contribution in [0.2, 0.25) is 0 Å². The van der Waals surface area contributed by atoms with Crippen molar-refractivity contribution in [3.8, 4) is 0 Å². The first kappa shape index (κ1) is 92.1. The van der Waals surface area contributed by atoms with Crippen molar-refractivity contribution >= 4 is 97.6 Å². The van der Waals surface area contributed by atoms with E-state index in [1.165, 1.54) is 87.6 Å². The van der Waals surface area contributed by atoms with E-state index in [0.29, 0.717) is 42.6 Å². The molecule has 31 heteroatoms.